The van der Waals surface area contributed by atoms with E-state index in [4.69, 9.17) is 4.74 Å². The van der Waals surface area contributed by atoms with Crippen LogP contribution in [-0.2, 0) is 14.3 Å². The minimum atomic E-state index is -0.361. The zero-order valence-corrected chi connectivity index (χ0v) is 12.4. The van der Waals surface area contributed by atoms with Gasteiger partial charge in [-0.05, 0) is 25.0 Å². The lowest BCUT2D eigenvalue weighted by Gasteiger charge is -2.23. The molecule has 3 heteroatoms. The molecule has 20 heavy (non-hydrogen) atoms. The molecule has 0 aromatic rings. The molecule has 0 saturated heterocycles. The van der Waals surface area contributed by atoms with E-state index in [0.717, 1.165) is 31.3 Å². The van der Waals surface area contributed by atoms with Gasteiger partial charge in [0, 0.05) is 11.5 Å². The molecule has 0 heterocycles. The van der Waals surface area contributed by atoms with E-state index in [-0.39, 0.29) is 11.9 Å². The molecule has 1 aliphatic rings. The predicted octanol–water partition coefficient (Wildman–Crippen LogP) is 3.56. The highest BCUT2D eigenvalue weighted by molar-refractivity contribution is 5.94. The molecule has 0 saturated carbocycles. The summed E-state index contributed by atoms with van der Waals surface area (Å²) in [5.41, 5.74) is 2.00. The van der Waals surface area contributed by atoms with Crippen LogP contribution in [0.5, 0.6) is 0 Å². The summed E-state index contributed by atoms with van der Waals surface area (Å²) in [6.45, 7) is 3.94. The molecule has 0 bridgehead atoms. The van der Waals surface area contributed by atoms with Crippen molar-refractivity contribution in [3.63, 3.8) is 0 Å². The normalized spacial score (nSPS) is 18.6. The van der Waals surface area contributed by atoms with E-state index in [1.54, 1.807) is 25.2 Å². The number of carbonyl (C=O) groups excluding carboxylic acids is 2. The van der Waals surface area contributed by atoms with Crippen LogP contribution in [0.15, 0.2) is 41.0 Å². The van der Waals surface area contributed by atoms with Crippen molar-refractivity contribution in [3.05, 3.63) is 41.0 Å². The quantitative estimate of drug-likeness (QED) is 0.322. The van der Waals surface area contributed by atoms with Crippen LogP contribution in [0, 0.1) is 5.92 Å². The molecule has 0 spiro atoms. The summed E-state index contributed by atoms with van der Waals surface area (Å²) in [6, 6.07) is 0. The summed E-state index contributed by atoms with van der Waals surface area (Å²) in [5.74, 6) is 1.58. The number of carbonyl (C=O) groups is 1. The fraction of sp³-hybridized carbons (Fsp3) is 0.471. The van der Waals surface area contributed by atoms with Gasteiger partial charge in [0.15, 0.2) is 0 Å². The van der Waals surface area contributed by atoms with Gasteiger partial charge in [-0.15, -0.1) is 0 Å². The first-order chi connectivity index (χ1) is 9.69. The Bertz CT molecular complexity index is 488. The van der Waals surface area contributed by atoms with E-state index in [1.165, 1.54) is 7.11 Å². The second kappa shape index (κ2) is 8.34. The Morgan fingerprint density at radius 3 is 2.75 bits per heavy atom. The van der Waals surface area contributed by atoms with E-state index in [2.05, 4.69) is 6.92 Å². The maximum atomic E-state index is 11.8. The van der Waals surface area contributed by atoms with Gasteiger partial charge < -0.3 is 4.74 Å². The fourth-order valence-corrected chi connectivity index (χ4v) is 2.46. The number of rotatable bonds is 6. The molecule has 0 fully saturated rings. The summed E-state index contributed by atoms with van der Waals surface area (Å²) in [6.07, 6.45) is 11.3. The Kier molecular flexibility index (Phi) is 6.75. The van der Waals surface area contributed by atoms with Crippen molar-refractivity contribution in [3.8, 4) is 0 Å². The summed E-state index contributed by atoms with van der Waals surface area (Å²) in [5, 5.41) is 0. The Balaban J connectivity index is 3.05. The number of hydrogen-bond donors (Lipinski definition) is 0. The second-order valence-electron chi connectivity index (χ2n) is 4.78. The SMILES string of the molecule is C/C=C(/C(=O)OC)C1=CC=CC(=C=O)C1CCCCC. The number of ether oxygens (including phenoxy) is 1. The minimum absolute atomic E-state index is 0.0608. The summed E-state index contributed by atoms with van der Waals surface area (Å²) in [7, 11) is 1.37. The second-order valence-corrected chi connectivity index (χ2v) is 4.78. The highest BCUT2D eigenvalue weighted by Crippen LogP contribution is 2.34. The monoisotopic (exact) mass is 274 g/mol. The summed E-state index contributed by atoms with van der Waals surface area (Å²) < 4.78 is 4.82. The zero-order chi connectivity index (χ0) is 15.0. The Morgan fingerprint density at radius 1 is 1.45 bits per heavy atom. The first-order valence-electron chi connectivity index (χ1n) is 7.07. The van der Waals surface area contributed by atoms with Crippen LogP contribution in [0.3, 0.4) is 0 Å². The van der Waals surface area contributed by atoms with Crippen LogP contribution in [0.1, 0.15) is 39.5 Å². The molecular formula is C17H22O3. The van der Waals surface area contributed by atoms with Gasteiger partial charge in [0.2, 0.25) is 0 Å². The lowest BCUT2D eigenvalue weighted by Crippen LogP contribution is -2.17. The molecule has 0 radical (unpaired) electrons. The first-order valence-corrected chi connectivity index (χ1v) is 7.07. The molecule has 108 valence electrons. The van der Waals surface area contributed by atoms with Crippen molar-refractivity contribution >= 4 is 11.9 Å². The van der Waals surface area contributed by atoms with Crippen LogP contribution in [-0.4, -0.2) is 19.0 Å². The molecule has 1 unspecified atom stereocenters. The number of esters is 1. The third-order valence-electron chi connectivity index (χ3n) is 3.52. The molecule has 0 aliphatic heterocycles. The van der Waals surface area contributed by atoms with Gasteiger partial charge in [-0.1, -0.05) is 44.4 Å². The van der Waals surface area contributed by atoms with Gasteiger partial charge >= 0.3 is 5.97 Å². The molecule has 0 aromatic heterocycles. The Hall–Kier alpha value is -1.86. The van der Waals surface area contributed by atoms with Crippen LogP contribution in [0.4, 0.5) is 0 Å². The van der Waals surface area contributed by atoms with Crippen LogP contribution in [0.2, 0.25) is 0 Å². The van der Waals surface area contributed by atoms with E-state index in [0.29, 0.717) is 11.1 Å². The van der Waals surface area contributed by atoms with E-state index < -0.39 is 0 Å². The molecule has 1 atom stereocenters. The van der Waals surface area contributed by atoms with Crippen LogP contribution in [0.25, 0.3) is 0 Å². The average molecular weight is 274 g/mol. The van der Waals surface area contributed by atoms with Gasteiger partial charge in [-0.25, -0.2) is 9.59 Å². The molecule has 0 aromatic carbocycles. The third kappa shape index (κ3) is 3.82. The molecular weight excluding hydrogens is 252 g/mol. The summed E-state index contributed by atoms with van der Waals surface area (Å²) >= 11 is 0. The molecule has 0 N–H and O–H groups in total. The van der Waals surface area contributed by atoms with Crippen molar-refractivity contribution in [2.24, 2.45) is 5.92 Å². The van der Waals surface area contributed by atoms with Crippen LogP contribution >= 0.6 is 0 Å². The van der Waals surface area contributed by atoms with Gasteiger partial charge in [-0.3, -0.25) is 0 Å². The van der Waals surface area contributed by atoms with Crippen molar-refractivity contribution < 1.29 is 14.3 Å². The third-order valence-corrected chi connectivity index (χ3v) is 3.52. The lowest BCUT2D eigenvalue weighted by atomic mass is 9.80. The standard InChI is InChI=1S/C17H22O3/c1-4-6-7-10-15-13(12-18)9-8-11-16(15)14(5-2)17(19)20-3/h5,8-9,11,15H,4,6-7,10H2,1-3H3/b14-5+. The van der Waals surface area contributed by atoms with Gasteiger partial charge in [-0.2, -0.15) is 0 Å². The van der Waals surface area contributed by atoms with Crippen LogP contribution < -0.4 is 0 Å². The first kappa shape index (κ1) is 16.2. The van der Waals surface area contributed by atoms with Crippen molar-refractivity contribution in [1.82, 2.24) is 0 Å². The zero-order valence-electron chi connectivity index (χ0n) is 12.4. The summed E-state index contributed by atoms with van der Waals surface area (Å²) in [4.78, 5) is 23.0. The van der Waals surface area contributed by atoms with E-state index >= 15 is 0 Å². The van der Waals surface area contributed by atoms with Crippen molar-refractivity contribution in [1.29, 1.82) is 0 Å². The van der Waals surface area contributed by atoms with Crippen molar-refractivity contribution in [2.45, 2.75) is 39.5 Å². The topological polar surface area (TPSA) is 43.4 Å². The number of hydrogen-bond acceptors (Lipinski definition) is 3. The van der Waals surface area contributed by atoms with Gasteiger partial charge in [0.1, 0.15) is 5.94 Å². The number of unbranched alkanes of at least 4 members (excludes halogenated alkanes) is 2. The Labute approximate surface area is 120 Å². The molecule has 3 nitrogen and oxygen atoms in total. The van der Waals surface area contributed by atoms with E-state index in [1.807, 2.05) is 12.0 Å². The highest BCUT2D eigenvalue weighted by Gasteiger charge is 2.26. The largest absolute Gasteiger partial charge is 0.465 e. The molecule has 1 aliphatic carbocycles. The van der Waals surface area contributed by atoms with E-state index in [9.17, 15) is 9.59 Å². The average Bonchev–Trinajstić information content (AvgIpc) is 2.48. The predicted molar refractivity (Wildman–Crippen MR) is 79.8 cm³/mol. The lowest BCUT2D eigenvalue weighted by molar-refractivity contribution is -0.135. The fourth-order valence-electron chi connectivity index (χ4n) is 2.46. The van der Waals surface area contributed by atoms with Gasteiger partial charge in [0.25, 0.3) is 0 Å². The smallest absolute Gasteiger partial charge is 0.337 e. The maximum absolute atomic E-state index is 11.8. The van der Waals surface area contributed by atoms with Crippen molar-refractivity contribution in [2.75, 3.05) is 7.11 Å². The maximum Gasteiger partial charge on any atom is 0.337 e. The molecule has 0 amide bonds. The molecule has 1 rings (SSSR count). The minimum Gasteiger partial charge on any atom is -0.465 e. The van der Waals surface area contributed by atoms with Gasteiger partial charge in [0.05, 0.1) is 12.7 Å². The number of methoxy groups -OCH3 is 1. The Morgan fingerprint density at radius 2 is 2.20 bits per heavy atom. The highest BCUT2D eigenvalue weighted by atomic mass is 16.5. The number of allylic oxidation sites excluding steroid dienone is 5.